The van der Waals surface area contributed by atoms with Crippen molar-refractivity contribution in [3.8, 4) is 0 Å². The summed E-state index contributed by atoms with van der Waals surface area (Å²) in [5.41, 5.74) is 4.41. The third kappa shape index (κ3) is 3.14. The van der Waals surface area contributed by atoms with Gasteiger partial charge in [0.25, 0.3) is 5.56 Å². The van der Waals surface area contributed by atoms with E-state index >= 15 is 0 Å². The van der Waals surface area contributed by atoms with Crippen LogP contribution in [0.2, 0.25) is 0 Å². The Kier molecular flexibility index (Phi) is 4.32. The van der Waals surface area contributed by atoms with E-state index < -0.39 is 0 Å². The Morgan fingerprint density at radius 1 is 1.12 bits per heavy atom. The summed E-state index contributed by atoms with van der Waals surface area (Å²) in [7, 11) is 0. The van der Waals surface area contributed by atoms with Crippen molar-refractivity contribution < 1.29 is 4.79 Å². The lowest BCUT2D eigenvalue weighted by Gasteiger charge is -2.08. The quantitative estimate of drug-likeness (QED) is 0.739. The minimum Gasteiger partial charge on any atom is -0.325 e. The van der Waals surface area contributed by atoms with Gasteiger partial charge in [-0.1, -0.05) is 24.1 Å². The molecule has 134 valence electrons. The third-order valence-corrected chi connectivity index (χ3v) is 4.93. The number of hydrogen-bond acceptors (Lipinski definition) is 3. The minimum absolute atomic E-state index is 0.0108. The lowest BCUT2D eigenvalue weighted by atomic mass is 10.1. The summed E-state index contributed by atoms with van der Waals surface area (Å²) in [6.07, 6.45) is 8.57. The van der Waals surface area contributed by atoms with Crippen LogP contribution in [0, 0.1) is 6.92 Å². The number of benzene rings is 1. The molecule has 2 aromatic heterocycles. The first kappa shape index (κ1) is 16.6. The van der Waals surface area contributed by atoms with Gasteiger partial charge in [0, 0.05) is 23.6 Å². The Morgan fingerprint density at radius 3 is 2.69 bits per heavy atom. The number of aryl methyl sites for hydroxylation is 3. The zero-order chi connectivity index (χ0) is 18.1. The highest BCUT2D eigenvalue weighted by atomic mass is 16.2. The molecule has 1 aromatic carbocycles. The molecule has 0 unspecified atom stereocenters. The number of hydrogen-bond donors (Lipinski definition) is 1. The highest BCUT2D eigenvalue weighted by Gasteiger charge is 2.19. The molecule has 1 aliphatic carbocycles. The largest absolute Gasteiger partial charge is 0.325 e. The molecule has 6 nitrogen and oxygen atoms in total. The second-order valence-electron chi connectivity index (χ2n) is 6.92. The molecule has 4 rings (SSSR count). The van der Waals surface area contributed by atoms with Gasteiger partial charge in [-0.05, 0) is 44.7 Å². The number of carbonyl (C=O) groups excluding carboxylic acids is 1. The first-order chi connectivity index (χ1) is 12.6. The van der Waals surface area contributed by atoms with Gasteiger partial charge in [0.15, 0.2) is 0 Å². The van der Waals surface area contributed by atoms with E-state index in [9.17, 15) is 9.59 Å². The first-order valence-corrected chi connectivity index (χ1v) is 9.08. The number of fused-ring (bicyclic) bond motifs is 3. The SMILES string of the molecule is Cc1ccc(NC(=O)Cn2ccn3nc4c(c3c2=O)CCCCC4)cc1. The lowest BCUT2D eigenvalue weighted by Crippen LogP contribution is -2.28. The number of aromatic nitrogens is 3. The van der Waals surface area contributed by atoms with Crippen LogP contribution in [-0.4, -0.2) is 20.1 Å². The average molecular weight is 350 g/mol. The van der Waals surface area contributed by atoms with Gasteiger partial charge < -0.3 is 9.88 Å². The van der Waals surface area contributed by atoms with Crippen LogP contribution < -0.4 is 10.9 Å². The summed E-state index contributed by atoms with van der Waals surface area (Å²) in [6, 6.07) is 7.59. The van der Waals surface area contributed by atoms with Crippen LogP contribution in [0.3, 0.4) is 0 Å². The van der Waals surface area contributed by atoms with E-state index in [4.69, 9.17) is 0 Å². The predicted molar refractivity (Wildman–Crippen MR) is 101 cm³/mol. The molecule has 1 aliphatic rings. The number of nitrogens with zero attached hydrogens (tertiary/aromatic N) is 3. The molecule has 1 N–H and O–H groups in total. The van der Waals surface area contributed by atoms with Gasteiger partial charge in [-0.2, -0.15) is 5.10 Å². The first-order valence-electron chi connectivity index (χ1n) is 9.08. The highest BCUT2D eigenvalue weighted by molar-refractivity contribution is 5.90. The van der Waals surface area contributed by atoms with Crippen molar-refractivity contribution in [2.45, 2.75) is 45.6 Å². The molecule has 0 spiro atoms. The second kappa shape index (κ2) is 6.78. The smallest absolute Gasteiger partial charge is 0.277 e. The summed E-state index contributed by atoms with van der Waals surface area (Å²) in [6.45, 7) is 1.98. The molecule has 3 aromatic rings. The molecule has 26 heavy (non-hydrogen) atoms. The van der Waals surface area contributed by atoms with E-state index in [1.807, 2.05) is 31.2 Å². The van der Waals surface area contributed by atoms with Gasteiger partial charge in [0.1, 0.15) is 12.1 Å². The van der Waals surface area contributed by atoms with Crippen LogP contribution in [0.4, 0.5) is 5.69 Å². The van der Waals surface area contributed by atoms with Crippen LogP contribution in [0.1, 0.15) is 36.1 Å². The maximum atomic E-state index is 12.9. The van der Waals surface area contributed by atoms with E-state index in [-0.39, 0.29) is 18.0 Å². The summed E-state index contributed by atoms with van der Waals surface area (Å²) in [5, 5.41) is 7.41. The van der Waals surface area contributed by atoms with Crippen LogP contribution >= 0.6 is 0 Å². The molecule has 2 heterocycles. The van der Waals surface area contributed by atoms with E-state index in [1.54, 1.807) is 16.9 Å². The Labute approximate surface area is 151 Å². The van der Waals surface area contributed by atoms with Crippen LogP contribution in [0.15, 0.2) is 41.5 Å². The molecule has 0 aliphatic heterocycles. The number of nitrogens with one attached hydrogen (secondary N) is 1. The highest BCUT2D eigenvalue weighted by Crippen LogP contribution is 2.22. The van der Waals surface area contributed by atoms with Crippen molar-refractivity contribution >= 4 is 17.1 Å². The Balaban J connectivity index is 1.61. The number of amides is 1. The minimum atomic E-state index is -0.217. The predicted octanol–water partition coefficient (Wildman–Crippen LogP) is 2.71. The summed E-state index contributed by atoms with van der Waals surface area (Å²) in [4.78, 5) is 25.3. The molecule has 0 fully saturated rings. The van der Waals surface area contributed by atoms with E-state index in [2.05, 4.69) is 10.4 Å². The van der Waals surface area contributed by atoms with Crippen molar-refractivity contribution in [1.29, 1.82) is 0 Å². The van der Waals surface area contributed by atoms with Crippen LogP contribution in [-0.2, 0) is 24.2 Å². The van der Waals surface area contributed by atoms with E-state index in [1.165, 1.54) is 11.0 Å². The summed E-state index contributed by atoms with van der Waals surface area (Å²) < 4.78 is 3.14. The van der Waals surface area contributed by atoms with Gasteiger partial charge >= 0.3 is 0 Å². The number of anilines is 1. The maximum absolute atomic E-state index is 12.9. The second-order valence-corrected chi connectivity index (χ2v) is 6.92. The Morgan fingerprint density at radius 2 is 1.88 bits per heavy atom. The van der Waals surface area contributed by atoms with Gasteiger partial charge in [0.05, 0.1) is 5.69 Å². The molecule has 1 amide bonds. The molecular formula is C20H22N4O2. The standard InChI is InChI=1S/C20H22N4O2/c1-14-7-9-15(10-8-14)21-18(25)13-23-11-12-24-19(20(23)26)16-5-3-2-4-6-17(16)22-24/h7-12H,2-6,13H2,1H3,(H,21,25). The summed E-state index contributed by atoms with van der Waals surface area (Å²) in [5.74, 6) is -0.217. The monoisotopic (exact) mass is 350 g/mol. The summed E-state index contributed by atoms with van der Waals surface area (Å²) >= 11 is 0. The van der Waals surface area contributed by atoms with Crippen molar-refractivity contribution in [2.24, 2.45) is 0 Å². The Bertz CT molecular complexity index is 1010. The molecule has 0 atom stereocenters. The van der Waals surface area contributed by atoms with Gasteiger partial charge in [-0.15, -0.1) is 0 Å². The van der Waals surface area contributed by atoms with Crippen molar-refractivity contribution in [3.05, 3.63) is 63.8 Å². The zero-order valence-corrected chi connectivity index (χ0v) is 14.9. The van der Waals surface area contributed by atoms with E-state index in [0.29, 0.717) is 5.52 Å². The van der Waals surface area contributed by atoms with Crippen molar-refractivity contribution in [3.63, 3.8) is 0 Å². The van der Waals surface area contributed by atoms with Gasteiger partial charge in [0.2, 0.25) is 5.91 Å². The third-order valence-electron chi connectivity index (χ3n) is 4.93. The topological polar surface area (TPSA) is 68.4 Å². The van der Waals surface area contributed by atoms with Crippen LogP contribution in [0.5, 0.6) is 0 Å². The van der Waals surface area contributed by atoms with E-state index in [0.717, 1.165) is 48.2 Å². The molecule has 0 saturated heterocycles. The Hall–Kier alpha value is -2.89. The maximum Gasteiger partial charge on any atom is 0.277 e. The van der Waals surface area contributed by atoms with Crippen LogP contribution in [0.25, 0.3) is 5.52 Å². The fourth-order valence-corrected chi connectivity index (χ4v) is 3.55. The van der Waals surface area contributed by atoms with Gasteiger partial charge in [-0.25, -0.2) is 4.52 Å². The fraction of sp³-hybridized carbons (Fsp3) is 0.350. The molecule has 0 saturated carbocycles. The number of rotatable bonds is 3. The molecule has 0 radical (unpaired) electrons. The van der Waals surface area contributed by atoms with Gasteiger partial charge in [-0.3, -0.25) is 9.59 Å². The zero-order valence-electron chi connectivity index (χ0n) is 14.9. The normalized spacial score (nSPS) is 14.0. The molecular weight excluding hydrogens is 328 g/mol. The fourth-order valence-electron chi connectivity index (χ4n) is 3.55. The molecule has 0 bridgehead atoms. The average Bonchev–Trinajstić information content (AvgIpc) is 2.82. The number of carbonyl (C=O) groups is 1. The van der Waals surface area contributed by atoms with Crippen molar-refractivity contribution in [1.82, 2.24) is 14.2 Å². The molecule has 6 heteroatoms. The lowest BCUT2D eigenvalue weighted by molar-refractivity contribution is -0.116. The van der Waals surface area contributed by atoms with Crippen molar-refractivity contribution in [2.75, 3.05) is 5.32 Å².